The van der Waals surface area contributed by atoms with E-state index in [0.29, 0.717) is 5.57 Å². The van der Waals surface area contributed by atoms with Crippen molar-refractivity contribution >= 4 is 12.6 Å². The Hall–Kier alpha value is -2.22. The van der Waals surface area contributed by atoms with Gasteiger partial charge in [-0.1, -0.05) is 59.8 Å². The van der Waals surface area contributed by atoms with Crippen LogP contribution in [-0.2, 0) is 9.59 Å². The smallest absolute Gasteiger partial charge is 0.145 e. The zero-order valence-corrected chi connectivity index (χ0v) is 11.7. The Bertz CT molecular complexity index is 469. The van der Waals surface area contributed by atoms with Gasteiger partial charge in [0.2, 0.25) is 0 Å². The highest BCUT2D eigenvalue weighted by atomic mass is 16.1. The van der Waals surface area contributed by atoms with Crippen LogP contribution in [0.15, 0.2) is 71.4 Å². The Labute approximate surface area is 115 Å². The summed E-state index contributed by atoms with van der Waals surface area (Å²) in [6.07, 6.45) is 18.0. The van der Waals surface area contributed by atoms with E-state index in [4.69, 9.17) is 0 Å². The highest BCUT2D eigenvalue weighted by Gasteiger charge is 1.80. The monoisotopic (exact) mass is 256 g/mol. The zero-order valence-electron chi connectivity index (χ0n) is 11.7. The van der Waals surface area contributed by atoms with E-state index in [1.807, 2.05) is 50.3 Å². The van der Waals surface area contributed by atoms with Crippen LogP contribution in [-0.4, -0.2) is 12.6 Å². The second-order valence-corrected chi connectivity index (χ2v) is 4.09. The predicted octanol–water partition coefficient (Wildman–Crippen LogP) is 3.89. The minimum atomic E-state index is 0.693. The third-order valence-electron chi connectivity index (χ3n) is 2.17. The van der Waals surface area contributed by atoms with Crippen LogP contribution in [0.2, 0.25) is 0 Å². The third kappa shape index (κ3) is 10.6. The maximum Gasteiger partial charge on any atom is 0.145 e. The predicted molar refractivity (Wildman–Crippen MR) is 80.8 cm³/mol. The molecule has 19 heavy (non-hydrogen) atoms. The zero-order chi connectivity index (χ0) is 14.5. The van der Waals surface area contributed by atoms with Crippen molar-refractivity contribution in [2.45, 2.75) is 20.8 Å². The summed E-state index contributed by atoms with van der Waals surface area (Å²) in [7, 11) is 0. The molecule has 0 saturated heterocycles. The van der Waals surface area contributed by atoms with Crippen molar-refractivity contribution < 1.29 is 9.59 Å². The molecule has 0 aliphatic carbocycles. The number of carbonyl (C=O) groups excluding carboxylic acids is 2. The molecule has 0 spiro atoms. The van der Waals surface area contributed by atoms with Crippen LogP contribution in [0.4, 0.5) is 0 Å². The van der Waals surface area contributed by atoms with E-state index in [0.717, 1.165) is 23.7 Å². The van der Waals surface area contributed by atoms with E-state index in [9.17, 15) is 9.59 Å². The SMILES string of the molecule is CC(C=O)=CC=CC=C(C)C=CC=C(C)C=CC=O. The van der Waals surface area contributed by atoms with Crippen LogP contribution < -0.4 is 0 Å². The Balaban J connectivity index is 4.44. The molecule has 0 aromatic carbocycles. The number of aldehydes is 2. The van der Waals surface area contributed by atoms with Gasteiger partial charge in [-0.25, -0.2) is 0 Å². The van der Waals surface area contributed by atoms with Crippen LogP contribution in [0.1, 0.15) is 20.8 Å². The summed E-state index contributed by atoms with van der Waals surface area (Å²) >= 11 is 0. The minimum Gasteiger partial charge on any atom is -0.299 e. The molecule has 0 bridgehead atoms. The van der Waals surface area contributed by atoms with Gasteiger partial charge in [-0.15, -0.1) is 0 Å². The molecule has 100 valence electrons. The van der Waals surface area contributed by atoms with Crippen molar-refractivity contribution in [1.29, 1.82) is 0 Å². The molecular weight excluding hydrogens is 236 g/mol. The standard InChI is InChI=1S/C17H20O2/c1-15(8-4-5-9-17(3)14-19)10-6-11-16(2)12-7-13-18/h4-14H,1-3H3. The van der Waals surface area contributed by atoms with Crippen molar-refractivity contribution in [3.63, 3.8) is 0 Å². The van der Waals surface area contributed by atoms with E-state index < -0.39 is 0 Å². The summed E-state index contributed by atoms with van der Waals surface area (Å²) in [5.41, 5.74) is 2.80. The molecule has 0 amide bonds. The van der Waals surface area contributed by atoms with Crippen molar-refractivity contribution in [2.24, 2.45) is 0 Å². The Morgan fingerprint density at radius 3 is 1.63 bits per heavy atom. The molecule has 0 aliphatic rings. The summed E-state index contributed by atoms with van der Waals surface area (Å²) in [4.78, 5) is 20.5. The second kappa shape index (κ2) is 10.9. The number of allylic oxidation sites excluding steroid dienone is 12. The van der Waals surface area contributed by atoms with Gasteiger partial charge in [-0.3, -0.25) is 9.59 Å². The maximum atomic E-state index is 10.4. The molecule has 0 aliphatic heterocycles. The Morgan fingerprint density at radius 1 is 0.632 bits per heavy atom. The van der Waals surface area contributed by atoms with Gasteiger partial charge >= 0.3 is 0 Å². The van der Waals surface area contributed by atoms with Gasteiger partial charge in [0.25, 0.3) is 0 Å². The van der Waals surface area contributed by atoms with Crippen LogP contribution in [0.25, 0.3) is 0 Å². The van der Waals surface area contributed by atoms with Crippen LogP contribution in [0.5, 0.6) is 0 Å². The van der Waals surface area contributed by atoms with Gasteiger partial charge in [-0.05, 0) is 32.4 Å². The Morgan fingerprint density at radius 2 is 1.11 bits per heavy atom. The van der Waals surface area contributed by atoms with E-state index in [1.54, 1.807) is 19.1 Å². The maximum absolute atomic E-state index is 10.4. The fraction of sp³-hybridized carbons (Fsp3) is 0.176. The van der Waals surface area contributed by atoms with Gasteiger partial charge in [0, 0.05) is 0 Å². The van der Waals surface area contributed by atoms with Crippen LogP contribution in [0.3, 0.4) is 0 Å². The quantitative estimate of drug-likeness (QED) is 0.393. The first kappa shape index (κ1) is 16.8. The molecule has 2 heteroatoms. The highest BCUT2D eigenvalue weighted by Crippen LogP contribution is 1.99. The molecule has 2 nitrogen and oxygen atoms in total. The first-order chi connectivity index (χ1) is 9.10. The summed E-state index contributed by atoms with van der Waals surface area (Å²) in [5, 5.41) is 0. The van der Waals surface area contributed by atoms with E-state index in [1.165, 1.54) is 6.08 Å². The molecule has 0 saturated carbocycles. The molecule has 0 N–H and O–H groups in total. The molecular formula is C17H20O2. The van der Waals surface area contributed by atoms with E-state index in [-0.39, 0.29) is 0 Å². The van der Waals surface area contributed by atoms with Crippen molar-refractivity contribution in [1.82, 2.24) is 0 Å². The first-order valence-electron chi connectivity index (χ1n) is 6.04. The summed E-state index contributed by atoms with van der Waals surface area (Å²) in [5.74, 6) is 0. The van der Waals surface area contributed by atoms with Gasteiger partial charge in [-0.2, -0.15) is 0 Å². The number of hydrogen-bond acceptors (Lipinski definition) is 2. The van der Waals surface area contributed by atoms with E-state index in [2.05, 4.69) is 0 Å². The first-order valence-corrected chi connectivity index (χ1v) is 6.04. The lowest BCUT2D eigenvalue weighted by molar-refractivity contribution is -0.105. The van der Waals surface area contributed by atoms with Crippen molar-refractivity contribution in [3.05, 3.63) is 71.4 Å². The highest BCUT2D eigenvalue weighted by molar-refractivity contribution is 5.72. The summed E-state index contributed by atoms with van der Waals surface area (Å²) < 4.78 is 0. The number of rotatable bonds is 7. The molecule has 0 heterocycles. The van der Waals surface area contributed by atoms with E-state index >= 15 is 0 Å². The Kier molecular flexibility index (Phi) is 9.63. The average Bonchev–Trinajstić information content (AvgIpc) is 2.40. The normalized spacial score (nSPS) is 14.8. The van der Waals surface area contributed by atoms with Crippen LogP contribution in [0, 0.1) is 0 Å². The minimum absolute atomic E-state index is 0.693. The number of carbonyl (C=O) groups is 2. The molecule has 0 rings (SSSR count). The molecule has 0 radical (unpaired) electrons. The molecule has 0 aromatic heterocycles. The average molecular weight is 256 g/mol. The lowest BCUT2D eigenvalue weighted by atomic mass is 10.2. The van der Waals surface area contributed by atoms with Gasteiger partial charge < -0.3 is 0 Å². The third-order valence-corrected chi connectivity index (χ3v) is 2.17. The molecule has 0 aromatic rings. The summed E-state index contributed by atoms with van der Waals surface area (Å²) in [6.45, 7) is 5.67. The molecule has 0 atom stereocenters. The summed E-state index contributed by atoms with van der Waals surface area (Å²) in [6, 6.07) is 0. The largest absolute Gasteiger partial charge is 0.299 e. The fourth-order valence-electron chi connectivity index (χ4n) is 1.11. The lowest BCUT2D eigenvalue weighted by Crippen LogP contribution is -1.72. The van der Waals surface area contributed by atoms with Crippen molar-refractivity contribution in [3.8, 4) is 0 Å². The molecule has 0 fully saturated rings. The topological polar surface area (TPSA) is 34.1 Å². The molecule has 0 unspecified atom stereocenters. The van der Waals surface area contributed by atoms with Gasteiger partial charge in [0.05, 0.1) is 0 Å². The second-order valence-electron chi connectivity index (χ2n) is 4.09. The number of hydrogen-bond donors (Lipinski definition) is 0. The van der Waals surface area contributed by atoms with Gasteiger partial charge in [0.1, 0.15) is 12.6 Å². The van der Waals surface area contributed by atoms with Gasteiger partial charge in [0.15, 0.2) is 0 Å². The van der Waals surface area contributed by atoms with Crippen molar-refractivity contribution in [2.75, 3.05) is 0 Å². The van der Waals surface area contributed by atoms with Crippen LogP contribution >= 0.6 is 0 Å². The fourth-order valence-corrected chi connectivity index (χ4v) is 1.11. The lowest BCUT2D eigenvalue weighted by Gasteiger charge is -1.89.